The topological polar surface area (TPSA) is 30.0 Å². The zero-order valence-electron chi connectivity index (χ0n) is 29.4. The lowest BCUT2D eigenvalue weighted by Gasteiger charge is -2.20. The largest absolute Gasteiger partial charge is 0.309 e. The van der Waals surface area contributed by atoms with Gasteiger partial charge < -0.3 is 4.57 Å². The average Bonchev–Trinajstić information content (AvgIpc) is 3.26. The molecule has 0 aliphatic heterocycles. The van der Waals surface area contributed by atoms with Gasteiger partial charge in [-0.3, -0.25) is 0 Å². The molecule has 0 radical (unpaired) electrons. The van der Waals surface area contributed by atoms with E-state index in [1.807, 2.05) is 72.8 Å². The van der Waals surface area contributed by atoms with Gasteiger partial charge in [-0.25, -0.2) is 4.98 Å². The molecular formula is C51H34NOP. The van der Waals surface area contributed by atoms with E-state index in [0.717, 1.165) is 54.6 Å². The third-order valence-electron chi connectivity index (χ3n) is 10.7. The molecule has 0 amide bonds. The van der Waals surface area contributed by atoms with Crippen LogP contribution in [-0.4, -0.2) is 4.98 Å². The lowest BCUT2D eigenvalue weighted by molar-refractivity contribution is 0.592. The van der Waals surface area contributed by atoms with E-state index in [2.05, 4.69) is 133 Å². The zero-order chi connectivity index (χ0) is 36.1. The second-order valence-corrected chi connectivity index (χ2v) is 16.6. The van der Waals surface area contributed by atoms with Gasteiger partial charge in [0.2, 0.25) is 0 Å². The number of aromatic nitrogens is 1. The first kappa shape index (κ1) is 32.1. The molecule has 10 rings (SSSR count). The van der Waals surface area contributed by atoms with Gasteiger partial charge in [-0.1, -0.05) is 182 Å². The maximum atomic E-state index is 14.9. The van der Waals surface area contributed by atoms with Crippen LogP contribution in [0.5, 0.6) is 0 Å². The van der Waals surface area contributed by atoms with E-state index in [4.69, 9.17) is 4.98 Å². The Hall–Kier alpha value is -6.60. The monoisotopic (exact) mass is 707 g/mol. The van der Waals surface area contributed by atoms with Gasteiger partial charge in [0.25, 0.3) is 0 Å². The van der Waals surface area contributed by atoms with E-state index in [1.165, 1.54) is 38.1 Å². The van der Waals surface area contributed by atoms with Crippen LogP contribution in [0.1, 0.15) is 0 Å². The predicted octanol–water partition coefficient (Wildman–Crippen LogP) is 12.3. The molecule has 0 saturated heterocycles. The highest BCUT2D eigenvalue weighted by atomic mass is 31.2. The molecule has 1 heterocycles. The summed E-state index contributed by atoms with van der Waals surface area (Å²) in [5.74, 6) is 0. The van der Waals surface area contributed by atoms with Gasteiger partial charge in [-0.15, -0.1) is 0 Å². The highest BCUT2D eigenvalue weighted by Crippen LogP contribution is 2.44. The van der Waals surface area contributed by atoms with Crippen LogP contribution in [-0.2, 0) is 4.57 Å². The highest BCUT2D eigenvalue weighted by Gasteiger charge is 2.29. The van der Waals surface area contributed by atoms with Crippen molar-refractivity contribution in [3.63, 3.8) is 0 Å². The number of para-hydroxylation sites is 1. The molecule has 0 atom stereocenters. The van der Waals surface area contributed by atoms with Gasteiger partial charge in [-0.2, -0.15) is 0 Å². The van der Waals surface area contributed by atoms with Crippen LogP contribution in [0.4, 0.5) is 0 Å². The fraction of sp³-hybridized carbons (Fsp3) is 0. The average molecular weight is 708 g/mol. The minimum Gasteiger partial charge on any atom is -0.309 e. The molecule has 0 unspecified atom stereocenters. The summed E-state index contributed by atoms with van der Waals surface area (Å²) in [6, 6.07) is 71.5. The van der Waals surface area contributed by atoms with Crippen molar-refractivity contribution in [2.45, 2.75) is 0 Å². The summed E-state index contributed by atoms with van der Waals surface area (Å²) in [6.07, 6.45) is 0. The summed E-state index contributed by atoms with van der Waals surface area (Å²) in [7, 11) is -3.03. The normalized spacial score (nSPS) is 11.8. The molecule has 2 nitrogen and oxygen atoms in total. The fourth-order valence-corrected chi connectivity index (χ4v) is 10.7. The lowest BCUT2D eigenvalue weighted by atomic mass is 9.89. The summed E-state index contributed by atoms with van der Waals surface area (Å²) < 4.78 is 14.9. The minimum absolute atomic E-state index is 0.829. The van der Waals surface area contributed by atoms with Gasteiger partial charge >= 0.3 is 0 Å². The van der Waals surface area contributed by atoms with Gasteiger partial charge in [0.1, 0.15) is 0 Å². The molecule has 0 bridgehead atoms. The Balaban J connectivity index is 1.07. The Morgan fingerprint density at radius 2 is 0.852 bits per heavy atom. The fourth-order valence-electron chi connectivity index (χ4n) is 8.05. The second-order valence-electron chi connectivity index (χ2n) is 13.8. The number of pyridine rings is 1. The van der Waals surface area contributed by atoms with E-state index < -0.39 is 7.14 Å². The van der Waals surface area contributed by atoms with E-state index in [1.54, 1.807) is 0 Å². The van der Waals surface area contributed by atoms with Gasteiger partial charge in [-0.05, 0) is 68.1 Å². The summed E-state index contributed by atoms with van der Waals surface area (Å²) in [4.78, 5) is 5.24. The number of fused-ring (bicyclic) bond motifs is 6. The van der Waals surface area contributed by atoms with Crippen molar-refractivity contribution in [2.24, 2.45) is 0 Å². The molecule has 9 aromatic carbocycles. The van der Waals surface area contributed by atoms with Crippen molar-refractivity contribution < 1.29 is 4.57 Å². The van der Waals surface area contributed by atoms with Crippen molar-refractivity contribution >= 4 is 66.3 Å². The van der Waals surface area contributed by atoms with E-state index in [-0.39, 0.29) is 0 Å². The molecule has 1 aromatic heterocycles. The summed E-state index contributed by atoms with van der Waals surface area (Å²) >= 11 is 0. The van der Waals surface area contributed by atoms with Crippen molar-refractivity contribution in [2.75, 3.05) is 0 Å². The highest BCUT2D eigenvalue weighted by molar-refractivity contribution is 7.85. The van der Waals surface area contributed by atoms with Gasteiger partial charge in [0.05, 0.1) is 11.2 Å². The molecule has 254 valence electrons. The molecule has 0 aliphatic rings. The maximum Gasteiger partial charge on any atom is 0.171 e. The number of hydrogen-bond donors (Lipinski definition) is 0. The molecule has 0 spiro atoms. The summed E-state index contributed by atoms with van der Waals surface area (Å²) in [5.41, 5.74) is 7.67. The lowest BCUT2D eigenvalue weighted by Crippen LogP contribution is -2.24. The molecule has 0 aliphatic carbocycles. The molecule has 10 aromatic rings. The number of benzene rings is 9. The number of rotatable bonds is 6. The Kier molecular flexibility index (Phi) is 7.79. The first-order valence-electron chi connectivity index (χ1n) is 18.3. The van der Waals surface area contributed by atoms with Crippen molar-refractivity contribution in [1.29, 1.82) is 0 Å². The maximum absolute atomic E-state index is 14.9. The number of nitrogens with zero attached hydrogens (tertiary/aromatic N) is 1. The van der Waals surface area contributed by atoms with Crippen LogP contribution in [0.3, 0.4) is 0 Å². The second kappa shape index (κ2) is 13.1. The smallest absolute Gasteiger partial charge is 0.171 e. The Morgan fingerprint density at radius 3 is 1.52 bits per heavy atom. The standard InChI is InChI=1S/C51H34NOP/c53-54(41-16-6-2-7-17-41,42-18-8-3-9-19-42)43-30-28-35(29-31-43)37-24-25-39-33-40(27-26-38(39)32-37)47-34-48-50(45-21-11-10-20-44(45)47)46-22-12-13-23-49(46)52-51(48)36-14-4-1-5-15-36/h1-34H. The predicted molar refractivity (Wildman–Crippen MR) is 230 cm³/mol. The van der Waals surface area contributed by atoms with Crippen LogP contribution < -0.4 is 15.9 Å². The Bertz CT molecular complexity index is 3010. The van der Waals surface area contributed by atoms with Crippen LogP contribution >= 0.6 is 7.14 Å². The molecule has 0 N–H and O–H groups in total. The molecule has 0 saturated carbocycles. The zero-order valence-corrected chi connectivity index (χ0v) is 30.3. The van der Waals surface area contributed by atoms with E-state index in [9.17, 15) is 4.57 Å². The van der Waals surface area contributed by atoms with Crippen LogP contribution in [0.2, 0.25) is 0 Å². The number of hydrogen-bond acceptors (Lipinski definition) is 2. The molecule has 54 heavy (non-hydrogen) atoms. The first-order valence-corrected chi connectivity index (χ1v) is 20.0. The van der Waals surface area contributed by atoms with E-state index in [0.29, 0.717) is 0 Å². The van der Waals surface area contributed by atoms with Gasteiger partial charge in [0, 0.05) is 37.6 Å². The van der Waals surface area contributed by atoms with E-state index >= 15 is 0 Å². The first-order chi connectivity index (χ1) is 26.6. The van der Waals surface area contributed by atoms with Gasteiger partial charge in [0.15, 0.2) is 7.14 Å². The third-order valence-corrected chi connectivity index (χ3v) is 13.8. The SMILES string of the molecule is O=P(c1ccccc1)(c1ccccc1)c1ccc(-c2ccc3cc(-c4cc5c(-c6ccccc6)nc6ccccc6c5c5ccccc45)ccc3c2)cc1. The third kappa shape index (κ3) is 5.35. The summed E-state index contributed by atoms with van der Waals surface area (Å²) in [5, 5.41) is 10.8. The minimum atomic E-state index is -3.03. The van der Waals surface area contributed by atoms with Crippen molar-refractivity contribution in [3.05, 3.63) is 206 Å². The van der Waals surface area contributed by atoms with Crippen LogP contribution in [0, 0.1) is 0 Å². The summed E-state index contributed by atoms with van der Waals surface area (Å²) in [6.45, 7) is 0. The Labute approximate surface area is 314 Å². The molecular weight excluding hydrogens is 674 g/mol. The molecule has 0 fully saturated rings. The van der Waals surface area contributed by atoms with Crippen molar-refractivity contribution in [3.8, 4) is 33.5 Å². The quantitative estimate of drug-likeness (QED) is 0.127. The Morgan fingerprint density at radius 1 is 0.352 bits per heavy atom. The molecule has 3 heteroatoms. The van der Waals surface area contributed by atoms with Crippen LogP contribution in [0.25, 0.3) is 76.7 Å². The van der Waals surface area contributed by atoms with Crippen LogP contribution in [0.15, 0.2) is 206 Å². The van der Waals surface area contributed by atoms with Crippen molar-refractivity contribution in [1.82, 2.24) is 4.98 Å².